The van der Waals surface area contributed by atoms with Crippen LogP contribution in [-0.4, -0.2) is 19.6 Å². The minimum atomic E-state index is -0.0646. The Morgan fingerprint density at radius 3 is 3.00 bits per heavy atom. The number of hydrogen-bond acceptors (Lipinski definition) is 2. The first-order valence-corrected chi connectivity index (χ1v) is 5.10. The highest BCUT2D eigenvalue weighted by Crippen LogP contribution is 2.25. The maximum atomic E-state index is 11.2. The van der Waals surface area contributed by atoms with Crippen LogP contribution in [0.5, 0.6) is 5.75 Å². The van der Waals surface area contributed by atoms with Crippen molar-refractivity contribution in [3.8, 4) is 18.1 Å². The van der Waals surface area contributed by atoms with Crippen LogP contribution in [0.1, 0.15) is 5.56 Å². The first-order chi connectivity index (χ1) is 7.67. The van der Waals surface area contributed by atoms with E-state index in [0.717, 1.165) is 5.56 Å². The van der Waals surface area contributed by atoms with E-state index in [1.165, 1.54) is 0 Å². The molecule has 0 heterocycles. The molecule has 0 atom stereocenters. The SMILES string of the molecule is C#CCOc1cc(CC(=O)NC)ccc1Cl. The second kappa shape index (κ2) is 6.04. The van der Waals surface area contributed by atoms with Gasteiger partial charge < -0.3 is 10.1 Å². The van der Waals surface area contributed by atoms with Gasteiger partial charge in [0, 0.05) is 7.05 Å². The number of halogens is 1. The third-order valence-electron chi connectivity index (χ3n) is 1.95. The summed E-state index contributed by atoms with van der Waals surface area (Å²) in [7, 11) is 1.59. The van der Waals surface area contributed by atoms with Gasteiger partial charge in [0.1, 0.15) is 12.4 Å². The predicted molar refractivity (Wildman–Crippen MR) is 63.6 cm³/mol. The summed E-state index contributed by atoms with van der Waals surface area (Å²) in [5, 5.41) is 3.03. The summed E-state index contributed by atoms with van der Waals surface area (Å²) in [6.07, 6.45) is 5.38. The van der Waals surface area contributed by atoms with Crippen molar-refractivity contribution < 1.29 is 9.53 Å². The van der Waals surface area contributed by atoms with E-state index in [-0.39, 0.29) is 12.5 Å². The van der Waals surface area contributed by atoms with Gasteiger partial charge in [-0.3, -0.25) is 4.79 Å². The maximum absolute atomic E-state index is 11.2. The van der Waals surface area contributed by atoms with Crippen molar-refractivity contribution in [1.29, 1.82) is 0 Å². The summed E-state index contributed by atoms with van der Waals surface area (Å²) in [4.78, 5) is 11.2. The van der Waals surface area contributed by atoms with Gasteiger partial charge in [0.25, 0.3) is 0 Å². The molecule has 0 aliphatic rings. The van der Waals surface area contributed by atoms with Crippen molar-refractivity contribution in [2.45, 2.75) is 6.42 Å². The first kappa shape index (κ1) is 12.4. The number of ether oxygens (including phenoxy) is 1. The fourth-order valence-corrected chi connectivity index (χ4v) is 1.33. The number of nitrogens with one attached hydrogen (secondary N) is 1. The molecule has 0 saturated carbocycles. The van der Waals surface area contributed by atoms with Crippen molar-refractivity contribution >= 4 is 17.5 Å². The second-order valence-electron chi connectivity index (χ2n) is 3.11. The van der Waals surface area contributed by atoms with Crippen molar-refractivity contribution in [3.63, 3.8) is 0 Å². The molecule has 0 spiro atoms. The Kier molecular flexibility index (Phi) is 4.68. The molecule has 0 bridgehead atoms. The molecule has 0 aliphatic heterocycles. The Balaban J connectivity index is 2.81. The topological polar surface area (TPSA) is 38.3 Å². The number of carbonyl (C=O) groups excluding carboxylic acids is 1. The Morgan fingerprint density at radius 1 is 1.62 bits per heavy atom. The normalized spacial score (nSPS) is 9.31. The zero-order chi connectivity index (χ0) is 12.0. The number of amides is 1. The number of terminal acetylenes is 1. The van der Waals surface area contributed by atoms with Crippen molar-refractivity contribution in [1.82, 2.24) is 5.32 Å². The molecule has 1 aromatic carbocycles. The third-order valence-corrected chi connectivity index (χ3v) is 2.26. The van der Waals surface area contributed by atoms with Gasteiger partial charge in [-0.25, -0.2) is 0 Å². The molecular weight excluding hydrogens is 226 g/mol. The molecule has 1 aromatic rings. The smallest absolute Gasteiger partial charge is 0.224 e. The highest BCUT2D eigenvalue weighted by molar-refractivity contribution is 6.32. The minimum absolute atomic E-state index is 0.0646. The lowest BCUT2D eigenvalue weighted by atomic mass is 10.1. The summed E-state index contributed by atoms with van der Waals surface area (Å²) >= 11 is 5.91. The number of likely N-dealkylation sites (N-methyl/N-ethyl adjacent to an activating group) is 1. The lowest BCUT2D eigenvalue weighted by molar-refractivity contribution is -0.119. The average Bonchev–Trinajstić information content (AvgIpc) is 2.29. The molecule has 0 radical (unpaired) electrons. The Morgan fingerprint density at radius 2 is 2.38 bits per heavy atom. The van der Waals surface area contributed by atoms with Crippen LogP contribution in [-0.2, 0) is 11.2 Å². The van der Waals surface area contributed by atoms with E-state index in [1.54, 1.807) is 25.2 Å². The molecule has 0 unspecified atom stereocenters. The van der Waals surface area contributed by atoms with E-state index in [9.17, 15) is 4.79 Å². The van der Waals surface area contributed by atoms with Crippen LogP contribution in [0.15, 0.2) is 18.2 Å². The molecule has 1 amide bonds. The lowest BCUT2D eigenvalue weighted by Gasteiger charge is -2.07. The largest absolute Gasteiger partial charge is 0.479 e. The van der Waals surface area contributed by atoms with Gasteiger partial charge in [-0.2, -0.15) is 0 Å². The summed E-state index contributed by atoms with van der Waals surface area (Å²) in [5.41, 5.74) is 0.829. The summed E-state index contributed by atoms with van der Waals surface area (Å²) in [5.74, 6) is 2.79. The fourth-order valence-electron chi connectivity index (χ4n) is 1.16. The summed E-state index contributed by atoms with van der Waals surface area (Å²) < 4.78 is 5.24. The zero-order valence-electron chi connectivity index (χ0n) is 8.92. The molecule has 4 heteroatoms. The highest BCUT2D eigenvalue weighted by Gasteiger charge is 2.06. The van der Waals surface area contributed by atoms with Crippen molar-refractivity contribution in [3.05, 3.63) is 28.8 Å². The standard InChI is InChI=1S/C12H12ClNO2/c1-3-6-16-11-7-9(4-5-10(11)13)8-12(15)14-2/h1,4-5,7H,6,8H2,2H3,(H,14,15). The molecular formula is C12H12ClNO2. The second-order valence-corrected chi connectivity index (χ2v) is 3.51. The van der Waals surface area contributed by atoms with Crippen LogP contribution < -0.4 is 10.1 Å². The molecule has 1 rings (SSSR count). The van der Waals surface area contributed by atoms with Crippen molar-refractivity contribution in [2.75, 3.05) is 13.7 Å². The third kappa shape index (κ3) is 3.48. The van der Waals surface area contributed by atoms with Gasteiger partial charge in [0.15, 0.2) is 0 Å². The van der Waals surface area contributed by atoms with E-state index in [4.69, 9.17) is 22.8 Å². The van der Waals surface area contributed by atoms with Crippen molar-refractivity contribution in [2.24, 2.45) is 0 Å². The highest BCUT2D eigenvalue weighted by atomic mass is 35.5. The molecule has 0 fully saturated rings. The summed E-state index contributed by atoms with van der Waals surface area (Å²) in [6, 6.07) is 5.18. The molecule has 1 N–H and O–H groups in total. The number of rotatable bonds is 4. The van der Waals surface area contributed by atoms with Crippen LogP contribution >= 0.6 is 11.6 Å². The molecule has 0 aromatic heterocycles. The predicted octanol–water partition coefficient (Wildman–Crippen LogP) is 1.64. The molecule has 16 heavy (non-hydrogen) atoms. The maximum Gasteiger partial charge on any atom is 0.224 e. The Bertz CT molecular complexity index is 424. The van der Waals surface area contributed by atoms with Gasteiger partial charge >= 0.3 is 0 Å². The van der Waals surface area contributed by atoms with E-state index < -0.39 is 0 Å². The first-order valence-electron chi connectivity index (χ1n) is 4.72. The van der Waals surface area contributed by atoms with Crippen LogP contribution in [0.25, 0.3) is 0 Å². The Hall–Kier alpha value is -1.66. The molecule has 84 valence electrons. The van der Waals surface area contributed by atoms with Gasteiger partial charge in [0.2, 0.25) is 5.91 Å². The van der Waals surface area contributed by atoms with E-state index >= 15 is 0 Å². The fraction of sp³-hybridized carbons (Fsp3) is 0.250. The van der Waals surface area contributed by atoms with Crippen LogP contribution in [0.4, 0.5) is 0 Å². The Labute approximate surface area is 99.7 Å². The number of carbonyl (C=O) groups is 1. The zero-order valence-corrected chi connectivity index (χ0v) is 9.67. The average molecular weight is 238 g/mol. The molecule has 0 aliphatic carbocycles. The van der Waals surface area contributed by atoms with E-state index in [1.807, 2.05) is 0 Å². The summed E-state index contributed by atoms with van der Waals surface area (Å²) in [6.45, 7) is 0.156. The number of benzene rings is 1. The number of hydrogen-bond donors (Lipinski definition) is 1. The van der Waals surface area contributed by atoms with Crippen LogP contribution in [0.3, 0.4) is 0 Å². The minimum Gasteiger partial charge on any atom is -0.479 e. The quantitative estimate of drug-likeness (QED) is 0.809. The molecule has 3 nitrogen and oxygen atoms in total. The van der Waals surface area contributed by atoms with Gasteiger partial charge in [0.05, 0.1) is 11.4 Å². The van der Waals surface area contributed by atoms with Crippen LogP contribution in [0.2, 0.25) is 5.02 Å². The molecule has 0 saturated heterocycles. The van der Waals surface area contributed by atoms with E-state index in [2.05, 4.69) is 11.2 Å². The van der Waals surface area contributed by atoms with Gasteiger partial charge in [-0.05, 0) is 17.7 Å². The lowest BCUT2D eigenvalue weighted by Crippen LogP contribution is -2.19. The van der Waals surface area contributed by atoms with E-state index in [0.29, 0.717) is 17.2 Å². The van der Waals surface area contributed by atoms with Gasteiger partial charge in [-0.1, -0.05) is 23.6 Å². The van der Waals surface area contributed by atoms with Crippen LogP contribution in [0, 0.1) is 12.3 Å². The van der Waals surface area contributed by atoms with Gasteiger partial charge in [-0.15, -0.1) is 6.42 Å². The monoisotopic (exact) mass is 237 g/mol.